The largest absolute Gasteiger partial charge is 0.494 e. The van der Waals surface area contributed by atoms with Crippen LogP contribution < -0.4 is 5.56 Å². The average molecular weight is 332 g/mol. The van der Waals surface area contributed by atoms with Gasteiger partial charge < -0.3 is 5.11 Å². The summed E-state index contributed by atoms with van der Waals surface area (Å²) < 4.78 is 1.46. The number of aromatic nitrogens is 2. The maximum absolute atomic E-state index is 12.0. The summed E-state index contributed by atoms with van der Waals surface area (Å²) in [6.07, 6.45) is 6.57. The van der Waals surface area contributed by atoms with Crippen LogP contribution in [0.4, 0.5) is 0 Å². The lowest BCUT2D eigenvalue weighted by atomic mass is 10.2. The number of nitrogens with one attached hydrogen (secondary N) is 1. The van der Waals surface area contributed by atoms with Gasteiger partial charge in [0, 0.05) is 11.2 Å². The quantitative estimate of drug-likeness (QED) is 0.830. The van der Waals surface area contributed by atoms with Gasteiger partial charge >= 0.3 is 0 Å². The van der Waals surface area contributed by atoms with E-state index in [1.165, 1.54) is 10.6 Å². The first kappa shape index (κ1) is 14.5. The number of aliphatic imine (C=N–C) groups is 1. The number of aromatic hydroxyl groups is 1. The summed E-state index contributed by atoms with van der Waals surface area (Å²) in [6.45, 7) is 0. The molecule has 22 heavy (non-hydrogen) atoms. The van der Waals surface area contributed by atoms with Gasteiger partial charge in [0.05, 0.1) is 11.4 Å². The SMILES string of the molecule is O=c1[nH]c(=S)n(-c2ccc(Cl)cc2)c(O)c1/C=C1/C=CC=N1. The maximum Gasteiger partial charge on any atom is 0.262 e. The Kier molecular flexibility index (Phi) is 3.79. The molecule has 7 heteroatoms. The molecule has 0 spiro atoms. The van der Waals surface area contributed by atoms with Crippen molar-refractivity contribution in [3.05, 3.63) is 67.8 Å². The Morgan fingerprint density at radius 1 is 1.32 bits per heavy atom. The van der Waals surface area contributed by atoms with Crippen molar-refractivity contribution in [2.24, 2.45) is 4.99 Å². The predicted octanol–water partition coefficient (Wildman–Crippen LogP) is 3.24. The molecule has 0 fully saturated rings. The first-order valence-corrected chi connectivity index (χ1v) is 7.11. The third-order valence-corrected chi connectivity index (χ3v) is 3.61. The highest BCUT2D eigenvalue weighted by molar-refractivity contribution is 7.71. The number of benzene rings is 1. The lowest BCUT2D eigenvalue weighted by Crippen LogP contribution is -2.16. The molecule has 0 amide bonds. The molecule has 0 saturated carbocycles. The Morgan fingerprint density at radius 3 is 2.68 bits per heavy atom. The van der Waals surface area contributed by atoms with Crippen LogP contribution in [-0.2, 0) is 0 Å². The van der Waals surface area contributed by atoms with Crippen molar-refractivity contribution >= 4 is 36.1 Å². The number of rotatable bonds is 2. The van der Waals surface area contributed by atoms with Crippen molar-refractivity contribution in [3.63, 3.8) is 0 Å². The van der Waals surface area contributed by atoms with E-state index in [9.17, 15) is 9.90 Å². The van der Waals surface area contributed by atoms with Gasteiger partial charge in [0.25, 0.3) is 5.56 Å². The van der Waals surface area contributed by atoms with E-state index in [0.29, 0.717) is 16.4 Å². The number of halogens is 1. The van der Waals surface area contributed by atoms with E-state index in [4.69, 9.17) is 23.8 Å². The molecular formula is C15H10ClN3O2S. The Balaban J connectivity index is 2.24. The molecular weight excluding hydrogens is 322 g/mol. The highest BCUT2D eigenvalue weighted by Gasteiger charge is 2.13. The van der Waals surface area contributed by atoms with Crippen molar-refractivity contribution in [2.45, 2.75) is 0 Å². The first-order valence-electron chi connectivity index (χ1n) is 6.33. The second kappa shape index (κ2) is 5.75. The molecule has 3 rings (SSSR count). The highest BCUT2D eigenvalue weighted by atomic mass is 35.5. The van der Waals surface area contributed by atoms with Gasteiger partial charge in [0.15, 0.2) is 4.77 Å². The Labute approximate surface area is 135 Å². The first-order chi connectivity index (χ1) is 10.6. The number of hydrogen-bond donors (Lipinski definition) is 2. The average Bonchev–Trinajstić information content (AvgIpc) is 2.98. The fourth-order valence-corrected chi connectivity index (χ4v) is 2.46. The zero-order valence-electron chi connectivity index (χ0n) is 11.2. The van der Waals surface area contributed by atoms with Crippen LogP contribution in [0.5, 0.6) is 5.88 Å². The van der Waals surface area contributed by atoms with E-state index in [2.05, 4.69) is 9.98 Å². The third kappa shape index (κ3) is 2.66. The molecule has 0 radical (unpaired) electrons. The van der Waals surface area contributed by atoms with Gasteiger partial charge in [-0.3, -0.25) is 19.3 Å². The van der Waals surface area contributed by atoms with Crippen molar-refractivity contribution in [3.8, 4) is 11.6 Å². The van der Waals surface area contributed by atoms with Gasteiger partial charge in [-0.05, 0) is 54.7 Å². The molecule has 0 atom stereocenters. The summed E-state index contributed by atoms with van der Waals surface area (Å²) in [5, 5.41) is 11.0. The van der Waals surface area contributed by atoms with Gasteiger partial charge in [-0.2, -0.15) is 0 Å². The van der Waals surface area contributed by atoms with Crippen LogP contribution in [-0.4, -0.2) is 20.9 Å². The van der Waals surface area contributed by atoms with Crippen LogP contribution >= 0.6 is 23.8 Å². The number of H-pyrrole nitrogens is 1. The molecule has 5 nitrogen and oxygen atoms in total. The minimum Gasteiger partial charge on any atom is -0.494 e. The van der Waals surface area contributed by atoms with Crippen molar-refractivity contribution in [1.82, 2.24) is 9.55 Å². The topological polar surface area (TPSA) is 70.4 Å². The molecule has 1 aromatic heterocycles. The molecule has 110 valence electrons. The van der Waals surface area contributed by atoms with Crippen molar-refractivity contribution in [2.75, 3.05) is 0 Å². The summed E-state index contributed by atoms with van der Waals surface area (Å²) in [6, 6.07) is 6.73. The van der Waals surface area contributed by atoms with Gasteiger partial charge in [0.2, 0.25) is 5.88 Å². The van der Waals surface area contributed by atoms with Gasteiger partial charge in [-0.1, -0.05) is 11.6 Å². The lowest BCUT2D eigenvalue weighted by molar-refractivity contribution is 0.432. The zero-order valence-corrected chi connectivity index (χ0v) is 12.7. The predicted molar refractivity (Wildman–Crippen MR) is 89.5 cm³/mol. The van der Waals surface area contributed by atoms with Crippen LogP contribution in [0.3, 0.4) is 0 Å². The number of allylic oxidation sites excluding steroid dienone is 2. The van der Waals surface area contributed by atoms with Crippen molar-refractivity contribution in [1.29, 1.82) is 0 Å². The molecule has 2 aromatic rings. The molecule has 1 aliphatic heterocycles. The second-order valence-corrected chi connectivity index (χ2v) is 5.34. The van der Waals surface area contributed by atoms with Crippen molar-refractivity contribution < 1.29 is 5.11 Å². The number of nitrogens with zero attached hydrogens (tertiary/aromatic N) is 2. The molecule has 0 bridgehead atoms. The number of aromatic amines is 1. The fraction of sp³-hybridized carbons (Fsp3) is 0. The third-order valence-electron chi connectivity index (χ3n) is 3.07. The summed E-state index contributed by atoms with van der Waals surface area (Å²) >= 11 is 11.0. The van der Waals surface area contributed by atoms with Gasteiger partial charge in [-0.15, -0.1) is 0 Å². The maximum atomic E-state index is 12.0. The van der Waals surface area contributed by atoms with E-state index in [1.54, 1.807) is 42.6 Å². The van der Waals surface area contributed by atoms with E-state index in [1.807, 2.05) is 0 Å². The molecule has 1 aliphatic rings. The van der Waals surface area contributed by atoms with Crippen LogP contribution in [0.25, 0.3) is 11.8 Å². The monoisotopic (exact) mass is 331 g/mol. The van der Waals surface area contributed by atoms with E-state index >= 15 is 0 Å². The van der Waals surface area contributed by atoms with E-state index < -0.39 is 5.56 Å². The molecule has 0 aliphatic carbocycles. The van der Waals surface area contributed by atoms with Crippen LogP contribution in [0.1, 0.15) is 5.56 Å². The van der Waals surface area contributed by atoms with Crippen LogP contribution in [0, 0.1) is 4.77 Å². The summed E-state index contributed by atoms with van der Waals surface area (Å²) in [5.74, 6) is -0.251. The molecule has 0 unspecified atom stereocenters. The standard InChI is InChI=1S/C15H10ClN3O2S/c16-9-3-5-11(6-4-9)19-14(21)12(13(20)18-15(19)22)8-10-2-1-7-17-10/h1-8,21H,(H,18,20,22)/b10-8-. The summed E-state index contributed by atoms with van der Waals surface area (Å²) in [7, 11) is 0. The summed E-state index contributed by atoms with van der Waals surface area (Å²) in [4.78, 5) is 18.7. The van der Waals surface area contributed by atoms with E-state index in [0.717, 1.165) is 0 Å². The smallest absolute Gasteiger partial charge is 0.262 e. The molecule has 0 saturated heterocycles. The second-order valence-electron chi connectivity index (χ2n) is 4.51. The summed E-state index contributed by atoms with van der Waals surface area (Å²) in [5.41, 5.74) is 0.770. The number of hydrogen-bond acceptors (Lipinski definition) is 4. The Morgan fingerprint density at radius 2 is 2.05 bits per heavy atom. The fourth-order valence-electron chi connectivity index (χ4n) is 2.05. The minimum atomic E-state index is -0.476. The Hall–Kier alpha value is -2.44. The van der Waals surface area contributed by atoms with Gasteiger partial charge in [-0.25, -0.2) is 0 Å². The van der Waals surface area contributed by atoms with Crippen LogP contribution in [0.2, 0.25) is 5.02 Å². The highest BCUT2D eigenvalue weighted by Crippen LogP contribution is 2.23. The lowest BCUT2D eigenvalue weighted by Gasteiger charge is -2.11. The normalized spacial score (nSPS) is 14.9. The molecule has 2 heterocycles. The minimum absolute atomic E-state index is 0.0854. The Bertz CT molecular complexity index is 923. The van der Waals surface area contributed by atoms with E-state index in [-0.39, 0.29) is 16.2 Å². The molecule has 1 aromatic carbocycles. The molecule has 2 N–H and O–H groups in total. The zero-order chi connectivity index (χ0) is 15.7. The van der Waals surface area contributed by atoms with Gasteiger partial charge in [0.1, 0.15) is 5.56 Å². The van der Waals surface area contributed by atoms with Crippen LogP contribution in [0.15, 0.2) is 51.9 Å².